The summed E-state index contributed by atoms with van der Waals surface area (Å²) >= 11 is 3.91. The van der Waals surface area contributed by atoms with Gasteiger partial charge in [0.2, 0.25) is 16.9 Å². The molecule has 34 heavy (non-hydrogen) atoms. The molecule has 0 radical (unpaired) electrons. The summed E-state index contributed by atoms with van der Waals surface area (Å²) in [7, 11) is 0. The van der Waals surface area contributed by atoms with Crippen LogP contribution in [0, 0.1) is 0 Å². The Morgan fingerprint density at radius 2 is 1.82 bits per heavy atom. The molecule has 2 N–H and O–H groups in total. The largest absolute Gasteiger partial charge is 0.573 e. The number of hydrogen-bond donors (Lipinski definition) is 2. The van der Waals surface area contributed by atoms with Crippen molar-refractivity contribution in [2.45, 2.75) is 41.8 Å². The molecule has 180 valence electrons. The summed E-state index contributed by atoms with van der Waals surface area (Å²) in [6.45, 7) is 0. The standard InChI is InChI=1S/C21H19F3N4O3S3/c22-21(23,24)31-14-7-5-13(6-8-14)25-16(29)12-33-19-28-27-18(34-19)26-17(30)20(9-1-2-10-20)15-4-3-11-32-15/h3-8,11H,1-2,9-10,12H2,(H,25,29)(H,26,27,30). The van der Waals surface area contributed by atoms with Gasteiger partial charge in [0, 0.05) is 10.6 Å². The Hall–Kier alpha value is -2.64. The first-order chi connectivity index (χ1) is 16.2. The van der Waals surface area contributed by atoms with Crippen LogP contribution in [0.2, 0.25) is 0 Å². The zero-order valence-corrected chi connectivity index (χ0v) is 20.0. The highest BCUT2D eigenvalue weighted by atomic mass is 32.2. The van der Waals surface area contributed by atoms with Crippen LogP contribution in [-0.4, -0.2) is 34.1 Å². The molecule has 4 rings (SSSR count). The second-order valence-corrected chi connectivity index (χ2v) is 10.7. The van der Waals surface area contributed by atoms with Crippen LogP contribution in [0.5, 0.6) is 5.75 Å². The first-order valence-corrected chi connectivity index (χ1v) is 12.9. The Balaban J connectivity index is 1.28. The van der Waals surface area contributed by atoms with Crippen LogP contribution in [0.1, 0.15) is 30.6 Å². The number of nitrogens with zero attached hydrogens (tertiary/aromatic N) is 2. The van der Waals surface area contributed by atoms with Gasteiger partial charge in [-0.15, -0.1) is 34.7 Å². The van der Waals surface area contributed by atoms with Gasteiger partial charge < -0.3 is 10.1 Å². The van der Waals surface area contributed by atoms with Gasteiger partial charge in [-0.1, -0.05) is 42.0 Å². The van der Waals surface area contributed by atoms with Gasteiger partial charge in [0.15, 0.2) is 4.34 Å². The number of ether oxygens (including phenoxy) is 1. The number of alkyl halides is 3. The number of hydrogen-bond acceptors (Lipinski definition) is 8. The van der Waals surface area contributed by atoms with E-state index in [0.717, 1.165) is 54.5 Å². The van der Waals surface area contributed by atoms with E-state index >= 15 is 0 Å². The molecule has 13 heteroatoms. The van der Waals surface area contributed by atoms with Crippen molar-refractivity contribution in [3.63, 3.8) is 0 Å². The first kappa shape index (κ1) is 24.5. The molecular weight excluding hydrogens is 509 g/mol. The molecular formula is C21H19F3N4O3S3. The predicted molar refractivity (Wildman–Crippen MR) is 125 cm³/mol. The molecule has 1 aromatic carbocycles. The third-order valence-electron chi connectivity index (χ3n) is 5.21. The lowest BCUT2D eigenvalue weighted by atomic mass is 9.83. The second-order valence-electron chi connectivity index (χ2n) is 7.50. The molecule has 2 heterocycles. The monoisotopic (exact) mass is 528 g/mol. The highest BCUT2D eigenvalue weighted by molar-refractivity contribution is 8.01. The SMILES string of the molecule is O=C(CSc1nnc(NC(=O)C2(c3cccs3)CCCC2)s1)Nc1ccc(OC(F)(F)F)cc1. The van der Waals surface area contributed by atoms with Gasteiger partial charge in [0.25, 0.3) is 0 Å². The van der Waals surface area contributed by atoms with Crippen molar-refractivity contribution in [1.29, 1.82) is 0 Å². The lowest BCUT2D eigenvalue weighted by Gasteiger charge is -2.25. The lowest BCUT2D eigenvalue weighted by molar-refractivity contribution is -0.274. The molecule has 2 amide bonds. The molecule has 1 fully saturated rings. The average Bonchev–Trinajstić information content (AvgIpc) is 3.54. The van der Waals surface area contributed by atoms with Gasteiger partial charge in [-0.2, -0.15) is 0 Å². The summed E-state index contributed by atoms with van der Waals surface area (Å²) in [5.74, 6) is -0.807. The van der Waals surface area contributed by atoms with E-state index in [0.29, 0.717) is 15.2 Å². The molecule has 0 spiro atoms. The van der Waals surface area contributed by atoms with Crippen molar-refractivity contribution in [3.8, 4) is 5.75 Å². The number of thiophene rings is 1. The summed E-state index contributed by atoms with van der Waals surface area (Å²) < 4.78 is 41.0. The van der Waals surface area contributed by atoms with E-state index < -0.39 is 11.8 Å². The molecule has 0 aliphatic heterocycles. The molecule has 0 bridgehead atoms. The number of carbonyl (C=O) groups excluding carboxylic acids is 2. The smallest absolute Gasteiger partial charge is 0.406 e. The van der Waals surface area contributed by atoms with Gasteiger partial charge in [-0.05, 0) is 48.6 Å². The summed E-state index contributed by atoms with van der Waals surface area (Å²) in [4.78, 5) is 26.3. The Kier molecular flexibility index (Phi) is 7.43. The maximum absolute atomic E-state index is 13.1. The van der Waals surface area contributed by atoms with E-state index in [1.807, 2.05) is 17.5 Å². The third kappa shape index (κ3) is 6.07. The van der Waals surface area contributed by atoms with E-state index in [1.165, 1.54) is 23.5 Å². The normalized spacial score (nSPS) is 15.1. The number of amides is 2. The van der Waals surface area contributed by atoms with Crippen LogP contribution in [-0.2, 0) is 15.0 Å². The van der Waals surface area contributed by atoms with Crippen molar-refractivity contribution < 1.29 is 27.5 Å². The molecule has 0 unspecified atom stereocenters. The Labute approximate surface area is 205 Å². The molecule has 3 aromatic rings. The average molecular weight is 529 g/mol. The maximum atomic E-state index is 13.1. The fraction of sp³-hybridized carbons (Fsp3) is 0.333. The number of aromatic nitrogens is 2. The van der Waals surface area contributed by atoms with Crippen molar-refractivity contribution in [3.05, 3.63) is 46.7 Å². The van der Waals surface area contributed by atoms with Crippen molar-refractivity contribution in [2.24, 2.45) is 0 Å². The minimum atomic E-state index is -4.77. The van der Waals surface area contributed by atoms with Crippen LogP contribution in [0.25, 0.3) is 0 Å². The molecule has 1 aliphatic carbocycles. The quantitative estimate of drug-likeness (QED) is 0.289. The van der Waals surface area contributed by atoms with Crippen LogP contribution >= 0.6 is 34.4 Å². The van der Waals surface area contributed by atoms with Crippen LogP contribution in [0.15, 0.2) is 46.1 Å². The van der Waals surface area contributed by atoms with E-state index in [4.69, 9.17) is 0 Å². The van der Waals surface area contributed by atoms with E-state index in [1.54, 1.807) is 11.3 Å². The minimum absolute atomic E-state index is 0.0164. The van der Waals surface area contributed by atoms with Crippen molar-refractivity contribution in [2.75, 3.05) is 16.4 Å². The van der Waals surface area contributed by atoms with E-state index in [2.05, 4.69) is 25.6 Å². The number of benzene rings is 1. The van der Waals surface area contributed by atoms with Crippen molar-refractivity contribution in [1.82, 2.24) is 10.2 Å². The summed E-state index contributed by atoms with van der Waals surface area (Å²) in [5, 5.41) is 15.9. The molecule has 0 atom stereocenters. The fourth-order valence-corrected chi connectivity index (χ4v) is 6.24. The van der Waals surface area contributed by atoms with Gasteiger partial charge in [-0.25, -0.2) is 0 Å². The highest BCUT2D eigenvalue weighted by Gasteiger charge is 2.43. The molecule has 1 aliphatic rings. The topological polar surface area (TPSA) is 93.2 Å². The summed E-state index contributed by atoms with van der Waals surface area (Å²) in [6, 6.07) is 8.80. The van der Waals surface area contributed by atoms with E-state index in [9.17, 15) is 22.8 Å². The molecule has 2 aromatic heterocycles. The zero-order chi connectivity index (χ0) is 24.2. The van der Waals surface area contributed by atoms with E-state index in [-0.39, 0.29) is 23.3 Å². The highest BCUT2D eigenvalue weighted by Crippen LogP contribution is 2.44. The molecule has 0 saturated heterocycles. The summed E-state index contributed by atoms with van der Waals surface area (Å²) in [5.41, 5.74) is -0.200. The van der Waals surface area contributed by atoms with Crippen LogP contribution in [0.4, 0.5) is 24.0 Å². The first-order valence-electron chi connectivity index (χ1n) is 10.2. The number of anilines is 2. The Morgan fingerprint density at radius 3 is 2.47 bits per heavy atom. The summed E-state index contributed by atoms with van der Waals surface area (Å²) in [6.07, 6.45) is -1.19. The fourth-order valence-electron chi connectivity index (χ4n) is 3.71. The van der Waals surface area contributed by atoms with Gasteiger partial charge in [-0.3, -0.25) is 14.9 Å². The predicted octanol–water partition coefficient (Wildman–Crippen LogP) is 5.68. The minimum Gasteiger partial charge on any atom is -0.406 e. The van der Waals surface area contributed by atoms with Gasteiger partial charge >= 0.3 is 6.36 Å². The Bertz CT molecular complexity index is 1130. The lowest BCUT2D eigenvalue weighted by Crippen LogP contribution is -2.37. The number of nitrogens with one attached hydrogen (secondary N) is 2. The number of carbonyl (C=O) groups is 2. The van der Waals surface area contributed by atoms with Crippen LogP contribution in [0.3, 0.4) is 0 Å². The third-order valence-corrected chi connectivity index (χ3v) is 8.26. The maximum Gasteiger partial charge on any atom is 0.573 e. The van der Waals surface area contributed by atoms with Crippen LogP contribution < -0.4 is 15.4 Å². The van der Waals surface area contributed by atoms with Gasteiger partial charge in [0.1, 0.15) is 5.75 Å². The second kappa shape index (κ2) is 10.3. The molecule has 7 nitrogen and oxygen atoms in total. The Morgan fingerprint density at radius 1 is 1.09 bits per heavy atom. The number of thioether (sulfide) groups is 1. The number of halogens is 3. The van der Waals surface area contributed by atoms with Gasteiger partial charge in [0.05, 0.1) is 11.2 Å². The molecule has 1 saturated carbocycles. The zero-order valence-electron chi connectivity index (χ0n) is 17.6. The number of rotatable bonds is 8. The van der Waals surface area contributed by atoms with Crippen molar-refractivity contribution >= 4 is 57.1 Å².